The molecule has 1 aliphatic rings. The number of aryl methyl sites for hydroxylation is 3. The van der Waals surface area contributed by atoms with Crippen LogP contribution in [-0.2, 0) is 6.54 Å². The van der Waals surface area contributed by atoms with Gasteiger partial charge in [-0.3, -0.25) is 4.57 Å². The monoisotopic (exact) mass is 396 g/mol. The molecule has 0 aliphatic carbocycles. The van der Waals surface area contributed by atoms with E-state index in [4.69, 9.17) is 10.1 Å². The lowest BCUT2D eigenvalue weighted by Crippen LogP contribution is -2.17. The van der Waals surface area contributed by atoms with Crippen molar-refractivity contribution in [2.24, 2.45) is 0 Å². The molecule has 0 unspecified atom stereocenters. The van der Waals surface area contributed by atoms with Gasteiger partial charge in [0.1, 0.15) is 18.0 Å². The fraction of sp³-hybridized carbons (Fsp3) is 0.250. The molecule has 1 aromatic carbocycles. The van der Waals surface area contributed by atoms with Crippen molar-refractivity contribution in [1.82, 2.24) is 29.3 Å². The van der Waals surface area contributed by atoms with E-state index in [1.807, 2.05) is 36.0 Å². The number of imidazole rings is 1. The van der Waals surface area contributed by atoms with Crippen molar-refractivity contribution in [1.29, 1.82) is 0 Å². The minimum atomic E-state index is 0.316. The first-order valence-corrected chi connectivity index (χ1v) is 10.3. The molecule has 0 fully saturated rings. The van der Waals surface area contributed by atoms with E-state index in [0.29, 0.717) is 5.92 Å². The summed E-state index contributed by atoms with van der Waals surface area (Å²) in [4.78, 5) is 13.7. The number of aromatic nitrogens is 6. The van der Waals surface area contributed by atoms with E-state index >= 15 is 0 Å². The Labute approximate surface area is 176 Å². The van der Waals surface area contributed by atoms with Crippen LogP contribution in [0.1, 0.15) is 52.8 Å². The summed E-state index contributed by atoms with van der Waals surface area (Å²) in [5.74, 6) is 3.03. The average Bonchev–Trinajstić information content (AvgIpc) is 3.38. The molecule has 0 radical (unpaired) electrons. The first-order valence-electron chi connectivity index (χ1n) is 10.3. The molecule has 150 valence electrons. The van der Waals surface area contributed by atoms with Gasteiger partial charge in [-0.15, -0.1) is 0 Å². The van der Waals surface area contributed by atoms with Crippen LogP contribution >= 0.6 is 0 Å². The lowest BCUT2D eigenvalue weighted by molar-refractivity contribution is 0.445. The number of rotatable bonds is 4. The van der Waals surface area contributed by atoms with E-state index in [0.717, 1.165) is 53.7 Å². The summed E-state index contributed by atoms with van der Waals surface area (Å²) in [5.41, 5.74) is 4.41. The van der Waals surface area contributed by atoms with Gasteiger partial charge >= 0.3 is 0 Å². The van der Waals surface area contributed by atoms with E-state index in [1.54, 1.807) is 6.33 Å². The average molecular weight is 396 g/mol. The number of pyridine rings is 1. The summed E-state index contributed by atoms with van der Waals surface area (Å²) in [6.45, 7) is 4.97. The van der Waals surface area contributed by atoms with Gasteiger partial charge in [0.25, 0.3) is 0 Å². The zero-order valence-corrected chi connectivity index (χ0v) is 17.2. The van der Waals surface area contributed by atoms with Gasteiger partial charge in [0.2, 0.25) is 0 Å². The highest BCUT2D eigenvalue weighted by molar-refractivity contribution is 5.67. The fourth-order valence-electron chi connectivity index (χ4n) is 4.10. The number of hydrogen-bond acceptors (Lipinski definition) is 4. The first-order chi connectivity index (χ1) is 14.7. The predicted molar refractivity (Wildman–Crippen MR) is 117 cm³/mol. The van der Waals surface area contributed by atoms with E-state index in [1.165, 1.54) is 5.56 Å². The van der Waals surface area contributed by atoms with Crippen molar-refractivity contribution < 1.29 is 0 Å². The molecule has 3 aromatic heterocycles. The van der Waals surface area contributed by atoms with Crippen molar-refractivity contribution >= 4 is 12.2 Å². The molecule has 6 nitrogen and oxygen atoms in total. The molecule has 1 aliphatic heterocycles. The highest BCUT2D eigenvalue weighted by Gasteiger charge is 2.25. The molecular formula is C24H24N6. The van der Waals surface area contributed by atoms with Gasteiger partial charge in [-0.05, 0) is 61.6 Å². The van der Waals surface area contributed by atoms with E-state index in [2.05, 4.69) is 58.0 Å². The summed E-state index contributed by atoms with van der Waals surface area (Å²) in [5, 5.41) is 4.72. The molecular weight excluding hydrogens is 372 g/mol. The van der Waals surface area contributed by atoms with Crippen LogP contribution in [0.4, 0.5) is 0 Å². The first kappa shape index (κ1) is 18.5. The van der Waals surface area contributed by atoms with Crippen molar-refractivity contribution in [2.75, 3.05) is 0 Å². The van der Waals surface area contributed by atoms with E-state index in [9.17, 15) is 0 Å². The molecule has 4 heterocycles. The molecule has 5 rings (SSSR count). The maximum absolute atomic E-state index is 4.85. The predicted octanol–water partition coefficient (Wildman–Crippen LogP) is 4.57. The Morgan fingerprint density at radius 2 is 1.93 bits per heavy atom. The molecule has 0 N–H and O–H groups in total. The van der Waals surface area contributed by atoms with Gasteiger partial charge in [-0.2, -0.15) is 5.10 Å². The lowest BCUT2D eigenvalue weighted by atomic mass is 9.91. The summed E-state index contributed by atoms with van der Waals surface area (Å²) in [6, 6.07) is 12.7. The second-order valence-corrected chi connectivity index (χ2v) is 7.82. The van der Waals surface area contributed by atoms with Crippen LogP contribution in [0.5, 0.6) is 0 Å². The fourth-order valence-corrected chi connectivity index (χ4v) is 4.10. The minimum Gasteiger partial charge on any atom is -0.290 e. The Bertz CT molecular complexity index is 1200. The van der Waals surface area contributed by atoms with Crippen LogP contribution in [0.25, 0.3) is 18.0 Å². The van der Waals surface area contributed by atoms with Crippen molar-refractivity contribution in [3.63, 3.8) is 0 Å². The molecule has 4 aromatic rings. The topological polar surface area (TPSA) is 61.4 Å². The molecule has 0 bridgehead atoms. The van der Waals surface area contributed by atoms with Crippen LogP contribution in [-0.4, -0.2) is 29.3 Å². The Balaban J connectivity index is 1.39. The SMILES string of the molecule is Cc1cn(-c2ncc(/C=C/c3nc4n(n3)CCC[C@@H]4c3ccccc3)cc2C)cn1. The van der Waals surface area contributed by atoms with Gasteiger partial charge in [-0.1, -0.05) is 30.3 Å². The zero-order valence-electron chi connectivity index (χ0n) is 17.2. The summed E-state index contributed by atoms with van der Waals surface area (Å²) >= 11 is 0. The Morgan fingerprint density at radius 1 is 1.07 bits per heavy atom. The molecule has 0 saturated carbocycles. The minimum absolute atomic E-state index is 0.316. The van der Waals surface area contributed by atoms with E-state index in [-0.39, 0.29) is 0 Å². The van der Waals surface area contributed by atoms with Crippen LogP contribution in [0.2, 0.25) is 0 Å². The van der Waals surface area contributed by atoms with Crippen LogP contribution in [0, 0.1) is 13.8 Å². The zero-order chi connectivity index (χ0) is 20.5. The van der Waals surface area contributed by atoms with Crippen LogP contribution < -0.4 is 0 Å². The molecule has 0 spiro atoms. The summed E-state index contributed by atoms with van der Waals surface area (Å²) in [6.07, 6.45) is 11.9. The molecule has 1 atom stereocenters. The molecule has 0 amide bonds. The van der Waals surface area contributed by atoms with Crippen molar-refractivity contribution in [3.05, 3.63) is 89.2 Å². The largest absolute Gasteiger partial charge is 0.290 e. The van der Waals surface area contributed by atoms with Crippen molar-refractivity contribution in [3.8, 4) is 5.82 Å². The van der Waals surface area contributed by atoms with Gasteiger partial charge < -0.3 is 0 Å². The summed E-state index contributed by atoms with van der Waals surface area (Å²) in [7, 11) is 0. The van der Waals surface area contributed by atoms with Gasteiger partial charge in [0.05, 0.1) is 5.69 Å². The van der Waals surface area contributed by atoms with E-state index < -0.39 is 0 Å². The molecule has 30 heavy (non-hydrogen) atoms. The third-order valence-corrected chi connectivity index (χ3v) is 5.55. The molecule has 0 saturated heterocycles. The Kier molecular flexibility index (Phi) is 4.75. The number of nitrogens with zero attached hydrogens (tertiary/aromatic N) is 6. The highest BCUT2D eigenvalue weighted by Crippen LogP contribution is 2.32. The van der Waals surface area contributed by atoms with Crippen LogP contribution in [0.15, 0.2) is 55.1 Å². The smallest absolute Gasteiger partial charge is 0.174 e. The number of hydrogen-bond donors (Lipinski definition) is 0. The second kappa shape index (κ2) is 7.71. The number of benzene rings is 1. The third kappa shape index (κ3) is 3.56. The maximum atomic E-state index is 4.85. The van der Waals surface area contributed by atoms with Crippen LogP contribution in [0.3, 0.4) is 0 Å². The lowest BCUT2D eigenvalue weighted by Gasteiger charge is -2.22. The normalized spacial score (nSPS) is 16.1. The van der Waals surface area contributed by atoms with Gasteiger partial charge in [0.15, 0.2) is 5.82 Å². The molecule has 6 heteroatoms. The highest BCUT2D eigenvalue weighted by atomic mass is 15.4. The van der Waals surface area contributed by atoms with Gasteiger partial charge in [0, 0.05) is 24.9 Å². The van der Waals surface area contributed by atoms with Crippen molar-refractivity contribution in [2.45, 2.75) is 39.2 Å². The second-order valence-electron chi connectivity index (χ2n) is 7.82. The summed E-state index contributed by atoms with van der Waals surface area (Å²) < 4.78 is 4.02. The third-order valence-electron chi connectivity index (χ3n) is 5.55. The maximum Gasteiger partial charge on any atom is 0.174 e. The quantitative estimate of drug-likeness (QED) is 0.507. The standard InChI is InChI=1S/C24H24N6/c1-17-13-19(14-25-23(17)29-15-18(2)26-16-29)10-11-22-27-24-21(9-6-12-30(24)28-22)20-7-4-3-5-8-20/h3-5,7-8,10-11,13-16,21H,6,9,12H2,1-2H3/b11-10+/t21-/m1/s1. The number of fused-ring (bicyclic) bond motifs is 1. The Hall–Kier alpha value is -3.54. The van der Waals surface area contributed by atoms with Gasteiger partial charge in [-0.25, -0.2) is 19.6 Å². The Morgan fingerprint density at radius 3 is 2.70 bits per heavy atom.